The molecule has 82 valence electrons. The van der Waals surface area contributed by atoms with Gasteiger partial charge in [0.05, 0.1) is 7.85 Å². The molecule has 0 spiro atoms. The van der Waals surface area contributed by atoms with Crippen LogP contribution in [0.2, 0.25) is 5.31 Å². The van der Waals surface area contributed by atoms with Crippen LogP contribution in [0.3, 0.4) is 0 Å². The molecule has 0 N–H and O–H groups in total. The lowest BCUT2D eigenvalue weighted by Gasteiger charge is -2.34. The van der Waals surface area contributed by atoms with Crippen molar-refractivity contribution >= 4 is 20.5 Å². The fourth-order valence-electron chi connectivity index (χ4n) is 2.03. The van der Waals surface area contributed by atoms with Crippen molar-refractivity contribution in [1.82, 2.24) is 0 Å². The third-order valence-electron chi connectivity index (χ3n) is 2.87. The fourth-order valence-corrected chi connectivity index (χ4v) is 2.85. The number of thiol groups is 1. The van der Waals surface area contributed by atoms with Crippen LogP contribution in [0.15, 0.2) is 22.1 Å². The van der Waals surface area contributed by atoms with Gasteiger partial charge in [0.25, 0.3) is 0 Å². The third-order valence-corrected chi connectivity index (χ3v) is 3.38. The highest BCUT2D eigenvalue weighted by molar-refractivity contribution is 7.84. The summed E-state index contributed by atoms with van der Waals surface area (Å²) < 4.78 is 0. The van der Waals surface area contributed by atoms with Crippen molar-refractivity contribution in [3.63, 3.8) is 0 Å². The molecule has 0 bridgehead atoms. The standard InChI is InChI=1S/C13H21BS/c1-12(2,3)9-7-6-8-10(11(9)15)13(4,5)14/h7,15H,6,8H2,1-5H3. The Morgan fingerprint density at radius 1 is 1.20 bits per heavy atom. The number of hydrogen-bond donors (Lipinski definition) is 1. The molecule has 1 rings (SSSR count). The summed E-state index contributed by atoms with van der Waals surface area (Å²) in [6.45, 7) is 10.8. The lowest BCUT2D eigenvalue weighted by atomic mass is 9.63. The third kappa shape index (κ3) is 2.93. The van der Waals surface area contributed by atoms with Crippen LogP contribution in [0.5, 0.6) is 0 Å². The van der Waals surface area contributed by atoms with E-state index in [1.165, 1.54) is 11.1 Å². The van der Waals surface area contributed by atoms with E-state index in [9.17, 15) is 0 Å². The van der Waals surface area contributed by atoms with Crippen LogP contribution in [0.4, 0.5) is 0 Å². The van der Waals surface area contributed by atoms with Gasteiger partial charge in [0.15, 0.2) is 0 Å². The van der Waals surface area contributed by atoms with Crippen LogP contribution in [-0.2, 0) is 0 Å². The summed E-state index contributed by atoms with van der Waals surface area (Å²) in [6.07, 6.45) is 4.44. The van der Waals surface area contributed by atoms with Gasteiger partial charge in [-0.15, -0.1) is 12.6 Å². The molecule has 0 saturated carbocycles. The zero-order chi connectivity index (χ0) is 11.9. The highest BCUT2D eigenvalue weighted by Gasteiger charge is 2.28. The van der Waals surface area contributed by atoms with Gasteiger partial charge in [-0.05, 0) is 23.8 Å². The topological polar surface area (TPSA) is 0 Å². The normalized spacial score (nSPS) is 19.2. The largest absolute Gasteiger partial charge is 0.143 e. The maximum absolute atomic E-state index is 6.17. The Morgan fingerprint density at radius 2 is 1.73 bits per heavy atom. The number of allylic oxidation sites excluding steroid dienone is 3. The van der Waals surface area contributed by atoms with Crippen LogP contribution in [0.1, 0.15) is 47.5 Å². The van der Waals surface area contributed by atoms with Gasteiger partial charge < -0.3 is 0 Å². The van der Waals surface area contributed by atoms with Crippen molar-refractivity contribution < 1.29 is 0 Å². The lowest BCUT2D eigenvalue weighted by molar-refractivity contribution is 0.506. The quantitative estimate of drug-likeness (QED) is 0.494. The van der Waals surface area contributed by atoms with Crippen LogP contribution < -0.4 is 0 Å². The van der Waals surface area contributed by atoms with E-state index in [0.717, 1.165) is 17.7 Å². The highest BCUT2D eigenvalue weighted by Crippen LogP contribution is 2.46. The zero-order valence-electron chi connectivity index (χ0n) is 10.5. The van der Waals surface area contributed by atoms with Crippen LogP contribution in [0, 0.1) is 5.41 Å². The lowest BCUT2D eigenvalue weighted by Crippen LogP contribution is -2.17. The van der Waals surface area contributed by atoms with E-state index in [1.807, 2.05) is 0 Å². The maximum atomic E-state index is 6.17. The van der Waals surface area contributed by atoms with E-state index in [1.54, 1.807) is 0 Å². The van der Waals surface area contributed by atoms with Crippen LogP contribution in [-0.4, -0.2) is 7.85 Å². The Balaban J connectivity index is 3.16. The Morgan fingerprint density at radius 3 is 2.13 bits per heavy atom. The van der Waals surface area contributed by atoms with Crippen molar-refractivity contribution in [2.24, 2.45) is 5.41 Å². The molecule has 15 heavy (non-hydrogen) atoms. The first kappa shape index (κ1) is 13.0. The molecule has 1 aliphatic rings. The van der Waals surface area contributed by atoms with E-state index < -0.39 is 0 Å². The minimum Gasteiger partial charge on any atom is -0.143 e. The van der Waals surface area contributed by atoms with Gasteiger partial charge in [-0.3, -0.25) is 0 Å². The molecular formula is C13H21BS. The molecule has 0 aromatic heterocycles. The van der Waals surface area contributed by atoms with Crippen molar-refractivity contribution in [3.05, 3.63) is 22.1 Å². The summed E-state index contributed by atoms with van der Waals surface area (Å²) in [5.41, 5.74) is 2.79. The molecule has 0 amide bonds. The van der Waals surface area contributed by atoms with Crippen molar-refractivity contribution in [2.75, 3.05) is 0 Å². The molecule has 0 saturated heterocycles. The molecule has 0 unspecified atom stereocenters. The molecule has 0 fully saturated rings. The fraction of sp³-hybridized carbons (Fsp3) is 0.692. The van der Waals surface area contributed by atoms with Gasteiger partial charge in [-0.1, -0.05) is 51.6 Å². The van der Waals surface area contributed by atoms with E-state index in [-0.39, 0.29) is 10.7 Å². The van der Waals surface area contributed by atoms with Crippen molar-refractivity contribution in [1.29, 1.82) is 0 Å². The first-order valence-corrected chi connectivity index (χ1v) is 6.01. The second-order valence-corrected chi connectivity index (χ2v) is 6.40. The second kappa shape index (κ2) is 4.05. The number of hydrogen-bond acceptors (Lipinski definition) is 1. The smallest absolute Gasteiger partial charge is 0.0799 e. The summed E-state index contributed by atoms with van der Waals surface area (Å²) in [7, 11) is 6.17. The first-order chi connectivity index (χ1) is 6.64. The second-order valence-electron chi connectivity index (χ2n) is 5.96. The van der Waals surface area contributed by atoms with Gasteiger partial charge in [0.1, 0.15) is 0 Å². The molecule has 0 atom stereocenters. The Bertz CT molecular complexity index is 310. The predicted octanol–water partition coefficient (Wildman–Crippen LogP) is 4.30. The zero-order valence-corrected chi connectivity index (χ0v) is 11.4. The molecule has 0 heterocycles. The van der Waals surface area contributed by atoms with Gasteiger partial charge in [0.2, 0.25) is 0 Å². The SMILES string of the molecule is [B]C(C)(C)C1=C(S)C(C(C)(C)C)=CCC1. The molecule has 1 aliphatic carbocycles. The van der Waals surface area contributed by atoms with Gasteiger partial charge in [-0.25, -0.2) is 0 Å². The predicted molar refractivity (Wildman–Crippen MR) is 72.6 cm³/mol. The van der Waals surface area contributed by atoms with Gasteiger partial charge in [-0.2, -0.15) is 0 Å². The summed E-state index contributed by atoms with van der Waals surface area (Å²) in [6, 6.07) is 0. The Kier molecular flexibility index (Phi) is 3.50. The van der Waals surface area contributed by atoms with Crippen molar-refractivity contribution in [3.8, 4) is 0 Å². The van der Waals surface area contributed by atoms with E-state index >= 15 is 0 Å². The maximum Gasteiger partial charge on any atom is 0.0799 e. The molecular weight excluding hydrogens is 199 g/mol. The van der Waals surface area contributed by atoms with Gasteiger partial charge >= 0.3 is 0 Å². The summed E-state index contributed by atoms with van der Waals surface area (Å²) >= 11 is 4.67. The molecule has 0 nitrogen and oxygen atoms in total. The molecule has 0 aliphatic heterocycles. The molecule has 2 heteroatoms. The minimum absolute atomic E-state index is 0.161. The van der Waals surface area contributed by atoms with E-state index in [4.69, 9.17) is 7.85 Å². The summed E-state index contributed by atoms with van der Waals surface area (Å²) in [5.74, 6) is 0. The molecule has 0 aromatic carbocycles. The summed E-state index contributed by atoms with van der Waals surface area (Å²) in [4.78, 5) is 1.11. The highest BCUT2D eigenvalue weighted by atomic mass is 32.1. The first-order valence-electron chi connectivity index (χ1n) is 5.56. The van der Waals surface area contributed by atoms with Crippen LogP contribution >= 0.6 is 12.6 Å². The monoisotopic (exact) mass is 220 g/mol. The summed E-state index contributed by atoms with van der Waals surface area (Å²) in [5, 5.41) is -0.248. The average molecular weight is 220 g/mol. The van der Waals surface area contributed by atoms with Crippen molar-refractivity contribution in [2.45, 2.75) is 52.8 Å². The van der Waals surface area contributed by atoms with E-state index in [2.05, 4.69) is 53.3 Å². The van der Waals surface area contributed by atoms with Crippen LogP contribution in [0.25, 0.3) is 0 Å². The average Bonchev–Trinajstić information content (AvgIpc) is 1.99. The van der Waals surface area contributed by atoms with Gasteiger partial charge in [0, 0.05) is 4.91 Å². The minimum atomic E-state index is -0.248. The molecule has 0 aromatic rings. The number of rotatable bonds is 1. The molecule has 2 radical (unpaired) electrons. The Hall–Kier alpha value is -0.105. The Labute approximate surface area is 101 Å². The van der Waals surface area contributed by atoms with E-state index in [0.29, 0.717) is 0 Å².